The number of hydrogen-bond acceptors (Lipinski definition) is 3. The summed E-state index contributed by atoms with van der Waals surface area (Å²) in [5.41, 5.74) is 3.44. The molecule has 20 heavy (non-hydrogen) atoms. The molecule has 0 spiro atoms. The van der Waals surface area contributed by atoms with Gasteiger partial charge in [0.05, 0.1) is 4.92 Å². The van der Waals surface area contributed by atoms with Crippen LogP contribution in [0.2, 0.25) is 0 Å². The Kier molecular flexibility index (Phi) is 4.85. The van der Waals surface area contributed by atoms with Gasteiger partial charge in [0.1, 0.15) is 0 Å². The molecule has 0 radical (unpaired) electrons. The second-order valence-corrected chi connectivity index (χ2v) is 4.80. The van der Waals surface area contributed by atoms with Crippen molar-refractivity contribution in [2.24, 2.45) is 0 Å². The fourth-order valence-electron chi connectivity index (χ4n) is 2.18. The first-order chi connectivity index (χ1) is 9.66. The molecule has 0 saturated heterocycles. The largest absolute Gasteiger partial charge is 0.312 e. The number of aryl methyl sites for hydroxylation is 1. The van der Waals surface area contributed by atoms with Crippen molar-refractivity contribution in [1.82, 2.24) is 5.32 Å². The Morgan fingerprint density at radius 2 is 1.95 bits per heavy atom. The third-order valence-electron chi connectivity index (χ3n) is 3.17. The van der Waals surface area contributed by atoms with Crippen molar-refractivity contribution in [3.63, 3.8) is 0 Å². The Balaban J connectivity index is 1.86. The summed E-state index contributed by atoms with van der Waals surface area (Å²) in [7, 11) is 0. The average Bonchev–Trinajstić information content (AvgIpc) is 2.44. The normalized spacial score (nSPS) is 10.4. The monoisotopic (exact) mass is 270 g/mol. The zero-order valence-electron chi connectivity index (χ0n) is 11.5. The minimum Gasteiger partial charge on any atom is -0.312 e. The molecule has 0 aliphatic heterocycles. The van der Waals surface area contributed by atoms with E-state index >= 15 is 0 Å². The molecule has 0 amide bonds. The van der Waals surface area contributed by atoms with E-state index in [1.807, 2.05) is 18.2 Å². The van der Waals surface area contributed by atoms with E-state index in [2.05, 4.69) is 30.4 Å². The summed E-state index contributed by atoms with van der Waals surface area (Å²) in [6, 6.07) is 15.2. The van der Waals surface area contributed by atoms with Crippen LogP contribution in [-0.2, 0) is 13.0 Å². The molecule has 4 heteroatoms. The number of nitrogens with zero attached hydrogens (tertiary/aromatic N) is 1. The van der Waals surface area contributed by atoms with Gasteiger partial charge >= 0.3 is 0 Å². The summed E-state index contributed by atoms with van der Waals surface area (Å²) in [4.78, 5) is 10.6. The predicted octanol–water partition coefficient (Wildman–Crippen LogP) is 3.24. The van der Waals surface area contributed by atoms with E-state index in [0.717, 1.165) is 18.7 Å². The second kappa shape index (κ2) is 6.82. The first kappa shape index (κ1) is 14.2. The fourth-order valence-corrected chi connectivity index (χ4v) is 2.18. The van der Waals surface area contributed by atoms with Crippen LogP contribution in [0, 0.1) is 17.0 Å². The van der Waals surface area contributed by atoms with Gasteiger partial charge in [0.25, 0.3) is 5.69 Å². The Morgan fingerprint density at radius 1 is 1.15 bits per heavy atom. The second-order valence-electron chi connectivity index (χ2n) is 4.80. The highest BCUT2D eigenvalue weighted by atomic mass is 16.6. The van der Waals surface area contributed by atoms with E-state index in [9.17, 15) is 10.1 Å². The predicted molar refractivity (Wildman–Crippen MR) is 79.7 cm³/mol. The summed E-state index contributed by atoms with van der Waals surface area (Å²) in [5, 5.41) is 14.2. The van der Waals surface area contributed by atoms with Gasteiger partial charge in [0.2, 0.25) is 0 Å². The topological polar surface area (TPSA) is 55.2 Å². The smallest absolute Gasteiger partial charge is 0.272 e. The van der Waals surface area contributed by atoms with Gasteiger partial charge in [-0.05, 0) is 25.5 Å². The van der Waals surface area contributed by atoms with Gasteiger partial charge in [-0.25, -0.2) is 0 Å². The molecular formula is C16H18N2O2. The zero-order valence-corrected chi connectivity index (χ0v) is 11.5. The maximum absolute atomic E-state index is 10.9. The van der Waals surface area contributed by atoms with Crippen LogP contribution in [0.25, 0.3) is 0 Å². The molecule has 4 nitrogen and oxygen atoms in total. The molecule has 0 aromatic heterocycles. The van der Waals surface area contributed by atoms with Gasteiger partial charge in [0, 0.05) is 18.2 Å². The number of rotatable bonds is 6. The zero-order chi connectivity index (χ0) is 14.4. The third kappa shape index (κ3) is 3.90. The standard InChI is InChI=1S/C16H18N2O2/c1-13-5-4-6-14(11-13)12-17-10-9-15-7-2-3-8-16(15)18(19)20/h2-8,11,17H,9-10,12H2,1H3. The Bertz CT molecular complexity index is 597. The number of para-hydroxylation sites is 1. The van der Waals surface area contributed by atoms with Crippen molar-refractivity contribution < 1.29 is 4.92 Å². The van der Waals surface area contributed by atoms with Crippen LogP contribution in [-0.4, -0.2) is 11.5 Å². The van der Waals surface area contributed by atoms with Crippen molar-refractivity contribution in [3.8, 4) is 0 Å². The molecule has 2 rings (SSSR count). The quantitative estimate of drug-likeness (QED) is 0.498. The van der Waals surface area contributed by atoms with Crippen molar-refractivity contribution in [2.75, 3.05) is 6.54 Å². The van der Waals surface area contributed by atoms with Gasteiger partial charge in [0.15, 0.2) is 0 Å². The number of nitro groups is 1. The summed E-state index contributed by atoms with van der Waals surface area (Å²) in [6.45, 7) is 3.57. The highest BCUT2D eigenvalue weighted by Crippen LogP contribution is 2.17. The molecule has 0 unspecified atom stereocenters. The molecule has 1 N–H and O–H groups in total. The lowest BCUT2D eigenvalue weighted by molar-refractivity contribution is -0.385. The minimum atomic E-state index is -0.324. The summed E-state index contributed by atoms with van der Waals surface area (Å²) in [6.07, 6.45) is 0.656. The van der Waals surface area contributed by atoms with Crippen LogP contribution >= 0.6 is 0 Å². The van der Waals surface area contributed by atoms with Crippen molar-refractivity contribution in [3.05, 3.63) is 75.3 Å². The summed E-state index contributed by atoms with van der Waals surface area (Å²) in [5.74, 6) is 0. The van der Waals surface area contributed by atoms with E-state index < -0.39 is 0 Å². The minimum absolute atomic E-state index is 0.199. The third-order valence-corrected chi connectivity index (χ3v) is 3.17. The molecule has 2 aromatic rings. The Morgan fingerprint density at radius 3 is 2.70 bits per heavy atom. The van der Waals surface area contributed by atoms with Gasteiger partial charge in [-0.15, -0.1) is 0 Å². The molecule has 0 heterocycles. The molecule has 0 aliphatic carbocycles. The van der Waals surface area contributed by atoms with Crippen molar-refractivity contribution in [1.29, 1.82) is 0 Å². The Labute approximate surface area is 118 Å². The number of nitrogens with one attached hydrogen (secondary N) is 1. The first-order valence-corrected chi connectivity index (χ1v) is 6.65. The first-order valence-electron chi connectivity index (χ1n) is 6.65. The summed E-state index contributed by atoms with van der Waals surface area (Å²) < 4.78 is 0. The van der Waals surface area contributed by atoms with Crippen LogP contribution in [0.3, 0.4) is 0 Å². The van der Waals surface area contributed by atoms with Gasteiger partial charge in [-0.1, -0.05) is 48.0 Å². The molecule has 104 valence electrons. The van der Waals surface area contributed by atoms with Crippen molar-refractivity contribution in [2.45, 2.75) is 19.9 Å². The number of nitro benzene ring substituents is 1. The van der Waals surface area contributed by atoms with Gasteiger partial charge in [-0.2, -0.15) is 0 Å². The van der Waals surface area contributed by atoms with Crippen LogP contribution < -0.4 is 5.32 Å². The van der Waals surface area contributed by atoms with Crippen LogP contribution in [0.4, 0.5) is 5.69 Å². The van der Waals surface area contributed by atoms with Crippen molar-refractivity contribution >= 4 is 5.69 Å². The van der Waals surface area contributed by atoms with Gasteiger partial charge < -0.3 is 5.32 Å². The van der Waals surface area contributed by atoms with Crippen LogP contribution in [0.15, 0.2) is 48.5 Å². The van der Waals surface area contributed by atoms with E-state index in [4.69, 9.17) is 0 Å². The average molecular weight is 270 g/mol. The van der Waals surface area contributed by atoms with E-state index in [1.165, 1.54) is 11.1 Å². The lowest BCUT2D eigenvalue weighted by Gasteiger charge is -2.06. The molecule has 2 aromatic carbocycles. The molecule has 0 saturated carbocycles. The SMILES string of the molecule is Cc1cccc(CNCCc2ccccc2[N+](=O)[O-])c1. The Hall–Kier alpha value is -2.20. The van der Waals surface area contributed by atoms with E-state index in [-0.39, 0.29) is 10.6 Å². The van der Waals surface area contributed by atoms with Gasteiger partial charge in [-0.3, -0.25) is 10.1 Å². The van der Waals surface area contributed by atoms with E-state index in [0.29, 0.717) is 6.42 Å². The highest BCUT2D eigenvalue weighted by molar-refractivity contribution is 5.39. The van der Waals surface area contributed by atoms with Crippen LogP contribution in [0.1, 0.15) is 16.7 Å². The molecule has 0 atom stereocenters. The lowest BCUT2D eigenvalue weighted by Crippen LogP contribution is -2.17. The molecule has 0 fully saturated rings. The maximum Gasteiger partial charge on any atom is 0.272 e. The highest BCUT2D eigenvalue weighted by Gasteiger charge is 2.11. The van der Waals surface area contributed by atoms with E-state index in [1.54, 1.807) is 12.1 Å². The maximum atomic E-state index is 10.9. The molecule has 0 bridgehead atoms. The molecular weight excluding hydrogens is 252 g/mol. The fraction of sp³-hybridized carbons (Fsp3) is 0.250. The summed E-state index contributed by atoms with van der Waals surface area (Å²) >= 11 is 0. The molecule has 0 aliphatic rings. The van der Waals surface area contributed by atoms with Crippen LogP contribution in [0.5, 0.6) is 0 Å². The number of hydrogen-bond donors (Lipinski definition) is 1. The number of benzene rings is 2. The lowest BCUT2D eigenvalue weighted by atomic mass is 10.1.